The number of benzene rings is 1. The van der Waals surface area contributed by atoms with Crippen molar-refractivity contribution in [3.05, 3.63) is 79.2 Å². The van der Waals surface area contributed by atoms with Gasteiger partial charge < -0.3 is 20.1 Å². The predicted molar refractivity (Wildman–Crippen MR) is 162 cm³/mol. The maximum absolute atomic E-state index is 12.3. The predicted octanol–water partition coefficient (Wildman–Crippen LogP) is 6.87. The fourth-order valence-electron chi connectivity index (χ4n) is 4.44. The average Bonchev–Trinajstić information content (AvgIpc) is 3.37. The van der Waals surface area contributed by atoms with E-state index in [1.54, 1.807) is 23.7 Å². The number of aliphatic hydroxyl groups excluding tert-OH is 1. The summed E-state index contributed by atoms with van der Waals surface area (Å²) in [5, 5.41) is 10.4. The largest absolute Gasteiger partial charge is 0.444 e. The van der Waals surface area contributed by atoms with Crippen LogP contribution in [0.25, 0.3) is 20.7 Å². The molecule has 1 aliphatic rings. The molecule has 4 rings (SSSR count). The van der Waals surface area contributed by atoms with Gasteiger partial charge in [0.2, 0.25) is 0 Å². The molecule has 1 aliphatic heterocycles. The number of carbonyl (C=O) groups is 1. The Morgan fingerprint density at radius 3 is 2.49 bits per heavy atom. The van der Waals surface area contributed by atoms with Crippen molar-refractivity contribution in [2.45, 2.75) is 45.6 Å². The Bertz CT molecular complexity index is 1280. The monoisotopic (exact) mass is 548 g/mol. The van der Waals surface area contributed by atoms with Crippen molar-refractivity contribution in [3.63, 3.8) is 0 Å². The van der Waals surface area contributed by atoms with Gasteiger partial charge >= 0.3 is 6.09 Å². The minimum absolute atomic E-state index is 0.198. The van der Waals surface area contributed by atoms with Crippen molar-refractivity contribution in [3.8, 4) is 10.4 Å². The number of hydrogen-bond acceptors (Lipinski definition) is 7. The van der Waals surface area contributed by atoms with Crippen molar-refractivity contribution in [1.82, 2.24) is 14.9 Å². The Morgan fingerprint density at radius 1 is 1.18 bits per heavy atom. The average molecular weight is 549 g/mol. The van der Waals surface area contributed by atoms with Gasteiger partial charge in [-0.15, -0.1) is 11.3 Å². The number of carbonyl (C=O) groups excluding carboxylic acids is 1. The van der Waals surface area contributed by atoms with E-state index in [9.17, 15) is 4.79 Å². The van der Waals surface area contributed by atoms with Crippen LogP contribution in [0.2, 0.25) is 0 Å². The van der Waals surface area contributed by atoms with Crippen LogP contribution in [-0.4, -0.2) is 58.4 Å². The highest BCUT2D eigenvalue weighted by molar-refractivity contribution is 7.22. The van der Waals surface area contributed by atoms with Crippen LogP contribution >= 0.6 is 11.3 Å². The van der Waals surface area contributed by atoms with Gasteiger partial charge in [-0.3, -0.25) is 0 Å². The molecule has 1 aromatic carbocycles. The molecule has 3 aromatic rings. The Balaban J connectivity index is 0.00000205. The molecular weight excluding hydrogens is 508 g/mol. The lowest BCUT2D eigenvalue weighted by molar-refractivity contribution is 0.0184. The van der Waals surface area contributed by atoms with E-state index in [1.165, 1.54) is 16.0 Å². The van der Waals surface area contributed by atoms with Crippen LogP contribution in [-0.2, 0) is 11.2 Å². The van der Waals surface area contributed by atoms with Gasteiger partial charge in [0.05, 0.1) is 10.2 Å². The van der Waals surface area contributed by atoms with Crippen molar-refractivity contribution >= 4 is 33.5 Å². The molecule has 2 aromatic heterocycles. The topological polar surface area (TPSA) is 87.6 Å². The number of rotatable bonds is 8. The number of aromatic nitrogens is 2. The van der Waals surface area contributed by atoms with E-state index in [1.807, 2.05) is 37.8 Å². The molecule has 0 spiro atoms. The summed E-state index contributed by atoms with van der Waals surface area (Å²) >= 11 is 1.70. The van der Waals surface area contributed by atoms with Gasteiger partial charge in [0.1, 0.15) is 17.7 Å². The van der Waals surface area contributed by atoms with Gasteiger partial charge in [-0.1, -0.05) is 55.7 Å². The van der Waals surface area contributed by atoms with Crippen molar-refractivity contribution < 1.29 is 14.6 Å². The summed E-state index contributed by atoms with van der Waals surface area (Å²) in [6.07, 6.45) is 9.94. The van der Waals surface area contributed by atoms with E-state index in [-0.39, 0.29) is 6.09 Å². The first-order valence-electron chi connectivity index (χ1n) is 13.2. The Kier molecular flexibility index (Phi) is 10.8. The van der Waals surface area contributed by atoms with E-state index in [0.29, 0.717) is 12.5 Å². The first kappa shape index (κ1) is 30.1. The van der Waals surface area contributed by atoms with Crippen LogP contribution in [0, 0.1) is 5.92 Å². The first-order chi connectivity index (χ1) is 18.8. The molecule has 1 saturated heterocycles. The second-order valence-corrected chi connectivity index (χ2v) is 11.4. The third-order valence-corrected chi connectivity index (χ3v) is 7.57. The van der Waals surface area contributed by atoms with Crippen LogP contribution in [0.15, 0.2) is 73.6 Å². The fraction of sp³-hybridized carbons (Fsp3) is 0.387. The lowest BCUT2D eigenvalue weighted by Gasteiger charge is -2.33. The molecule has 3 heterocycles. The third-order valence-electron chi connectivity index (χ3n) is 6.39. The molecule has 208 valence electrons. The molecule has 0 saturated carbocycles. The van der Waals surface area contributed by atoms with Crippen LogP contribution in [0.3, 0.4) is 0 Å². The summed E-state index contributed by atoms with van der Waals surface area (Å²) in [5.74, 6) is 1.40. The van der Waals surface area contributed by atoms with Gasteiger partial charge in [0.15, 0.2) is 0 Å². The van der Waals surface area contributed by atoms with E-state index >= 15 is 0 Å². The Hall–Kier alpha value is -3.49. The van der Waals surface area contributed by atoms with Crippen LogP contribution < -0.4 is 5.32 Å². The maximum Gasteiger partial charge on any atom is 0.410 e. The SMILES string of the molecule is C=C/C=C(\C=C)CNc1ncnc2cc(-c3ccc(CC4CCN(C(=O)OC(C)(C)C)CC4)cc3)sc12.CO. The normalized spacial score (nSPS) is 14.4. The number of nitrogens with zero attached hydrogens (tertiary/aromatic N) is 3. The second kappa shape index (κ2) is 14.1. The summed E-state index contributed by atoms with van der Waals surface area (Å²) in [4.78, 5) is 24.3. The third kappa shape index (κ3) is 8.50. The number of aliphatic hydroxyl groups is 1. The molecule has 1 amide bonds. The fourth-order valence-corrected chi connectivity index (χ4v) is 5.53. The number of amides is 1. The molecule has 0 unspecified atom stereocenters. The van der Waals surface area contributed by atoms with E-state index in [0.717, 1.165) is 61.1 Å². The molecule has 1 fully saturated rings. The molecule has 39 heavy (non-hydrogen) atoms. The zero-order chi connectivity index (χ0) is 28.4. The minimum atomic E-state index is -0.452. The molecule has 0 bridgehead atoms. The highest BCUT2D eigenvalue weighted by Gasteiger charge is 2.26. The highest BCUT2D eigenvalue weighted by Crippen LogP contribution is 2.36. The number of hydrogen-bond donors (Lipinski definition) is 2. The Morgan fingerprint density at radius 2 is 1.87 bits per heavy atom. The van der Waals surface area contributed by atoms with E-state index in [4.69, 9.17) is 9.84 Å². The molecule has 0 aliphatic carbocycles. The standard InChI is InChI=1S/C30H36N4O2S.CH4O/c1-6-8-21(7-2)19-31-28-27-25(32-20-33-28)18-26(37-27)24-11-9-22(10-12-24)17-23-13-15-34(16-14-23)29(35)36-30(3,4)5;1-2/h6-12,18,20,23H,1-2,13-17,19H2,3-5H3,(H,31,32,33);2H,1H3/b21-8+;. The number of thiophene rings is 1. The van der Waals surface area contributed by atoms with Crippen molar-refractivity contribution in [1.29, 1.82) is 0 Å². The lowest BCUT2D eigenvalue weighted by Crippen LogP contribution is -2.42. The summed E-state index contributed by atoms with van der Waals surface area (Å²) in [6.45, 7) is 15.5. The summed E-state index contributed by atoms with van der Waals surface area (Å²) in [6, 6.07) is 11.0. The van der Waals surface area contributed by atoms with Gasteiger partial charge in [0, 0.05) is 31.6 Å². The molecule has 2 N–H and O–H groups in total. The molecular formula is C31H40N4O3S. The van der Waals surface area contributed by atoms with Gasteiger partial charge in [-0.05, 0) is 68.7 Å². The minimum Gasteiger partial charge on any atom is -0.444 e. The molecule has 0 radical (unpaired) electrons. The van der Waals surface area contributed by atoms with Crippen LogP contribution in [0.4, 0.5) is 10.6 Å². The van der Waals surface area contributed by atoms with Crippen LogP contribution in [0.5, 0.6) is 0 Å². The number of anilines is 1. The van der Waals surface area contributed by atoms with Gasteiger partial charge in [-0.25, -0.2) is 14.8 Å². The summed E-state index contributed by atoms with van der Waals surface area (Å²) in [7, 11) is 1.00. The van der Waals surface area contributed by atoms with Gasteiger partial charge in [0.25, 0.3) is 0 Å². The number of fused-ring (bicyclic) bond motifs is 1. The second-order valence-electron chi connectivity index (χ2n) is 10.4. The molecule has 8 heteroatoms. The first-order valence-corrected chi connectivity index (χ1v) is 14.0. The number of allylic oxidation sites excluding steroid dienone is 2. The van der Waals surface area contributed by atoms with E-state index < -0.39 is 5.60 Å². The molecule has 0 atom stereocenters. The number of piperidine rings is 1. The zero-order valence-electron chi connectivity index (χ0n) is 23.4. The number of likely N-dealkylation sites (tertiary alicyclic amines) is 1. The zero-order valence-corrected chi connectivity index (χ0v) is 24.3. The maximum atomic E-state index is 12.3. The van der Waals surface area contributed by atoms with Crippen molar-refractivity contribution in [2.75, 3.05) is 32.1 Å². The van der Waals surface area contributed by atoms with Gasteiger partial charge in [-0.2, -0.15) is 0 Å². The Labute approximate surface area is 235 Å². The highest BCUT2D eigenvalue weighted by atomic mass is 32.1. The van der Waals surface area contributed by atoms with Crippen LogP contribution in [0.1, 0.15) is 39.2 Å². The molecule has 7 nitrogen and oxygen atoms in total. The quantitative estimate of drug-likeness (QED) is 0.299. The number of nitrogens with one attached hydrogen (secondary N) is 1. The lowest BCUT2D eigenvalue weighted by atomic mass is 9.90. The summed E-state index contributed by atoms with van der Waals surface area (Å²) in [5.41, 5.74) is 4.03. The summed E-state index contributed by atoms with van der Waals surface area (Å²) < 4.78 is 6.56. The number of ether oxygens (including phenoxy) is 1. The van der Waals surface area contributed by atoms with Crippen molar-refractivity contribution in [2.24, 2.45) is 5.92 Å². The van der Waals surface area contributed by atoms with E-state index in [2.05, 4.69) is 58.8 Å². The smallest absolute Gasteiger partial charge is 0.410 e.